The molecule has 0 amide bonds. The highest BCUT2D eigenvalue weighted by Gasteiger charge is 2.13. The average molecular weight is 227 g/mol. The second kappa shape index (κ2) is 5.48. The number of ether oxygens (including phenoxy) is 1. The standard InChI is InChI=1S/C15H17NO/c1-3-13(12-8-5-4-6-9-12)14-10-7-11-15(16-14)17-2/h4-11,13H,3H2,1-2H3/t13-/m1/s1. The van der Waals surface area contributed by atoms with Gasteiger partial charge < -0.3 is 4.74 Å². The van der Waals surface area contributed by atoms with E-state index in [2.05, 4.69) is 42.2 Å². The molecular weight excluding hydrogens is 210 g/mol. The van der Waals surface area contributed by atoms with Crippen molar-refractivity contribution in [2.75, 3.05) is 7.11 Å². The Morgan fingerprint density at radius 2 is 1.82 bits per heavy atom. The molecule has 0 aliphatic heterocycles. The molecule has 0 saturated heterocycles. The topological polar surface area (TPSA) is 22.1 Å². The van der Waals surface area contributed by atoms with E-state index >= 15 is 0 Å². The summed E-state index contributed by atoms with van der Waals surface area (Å²) in [5.41, 5.74) is 2.37. The molecule has 0 bridgehead atoms. The number of methoxy groups -OCH3 is 1. The van der Waals surface area contributed by atoms with Gasteiger partial charge >= 0.3 is 0 Å². The fourth-order valence-electron chi connectivity index (χ4n) is 2.04. The van der Waals surface area contributed by atoms with Gasteiger partial charge in [0, 0.05) is 12.0 Å². The Kier molecular flexibility index (Phi) is 3.76. The molecule has 1 atom stereocenters. The van der Waals surface area contributed by atoms with Crippen molar-refractivity contribution in [3.63, 3.8) is 0 Å². The van der Waals surface area contributed by atoms with Crippen LogP contribution in [0.25, 0.3) is 0 Å². The molecule has 0 spiro atoms. The fourth-order valence-corrected chi connectivity index (χ4v) is 2.04. The molecule has 1 aromatic carbocycles. The number of rotatable bonds is 4. The first-order chi connectivity index (χ1) is 8.35. The summed E-state index contributed by atoms with van der Waals surface area (Å²) in [6.45, 7) is 2.18. The summed E-state index contributed by atoms with van der Waals surface area (Å²) >= 11 is 0. The Morgan fingerprint density at radius 1 is 1.06 bits per heavy atom. The van der Waals surface area contributed by atoms with Crippen LogP contribution < -0.4 is 4.74 Å². The van der Waals surface area contributed by atoms with Crippen LogP contribution in [0.1, 0.15) is 30.5 Å². The second-order valence-corrected chi connectivity index (χ2v) is 3.98. The molecule has 0 N–H and O–H groups in total. The molecule has 0 saturated carbocycles. The number of hydrogen-bond donors (Lipinski definition) is 0. The van der Waals surface area contributed by atoms with Crippen LogP contribution in [0, 0.1) is 0 Å². The quantitative estimate of drug-likeness (QED) is 0.795. The highest BCUT2D eigenvalue weighted by atomic mass is 16.5. The predicted molar refractivity (Wildman–Crippen MR) is 69.4 cm³/mol. The zero-order valence-corrected chi connectivity index (χ0v) is 10.3. The predicted octanol–water partition coefficient (Wildman–Crippen LogP) is 3.63. The smallest absolute Gasteiger partial charge is 0.213 e. The molecule has 2 heteroatoms. The number of aromatic nitrogens is 1. The van der Waals surface area contributed by atoms with E-state index in [-0.39, 0.29) is 0 Å². The molecule has 0 radical (unpaired) electrons. The molecule has 0 unspecified atom stereocenters. The summed E-state index contributed by atoms with van der Waals surface area (Å²) < 4.78 is 5.17. The summed E-state index contributed by atoms with van der Waals surface area (Å²) in [7, 11) is 1.65. The van der Waals surface area contributed by atoms with Crippen molar-refractivity contribution >= 4 is 0 Å². The van der Waals surface area contributed by atoms with Crippen molar-refractivity contribution < 1.29 is 4.74 Å². The Balaban J connectivity index is 2.35. The summed E-state index contributed by atoms with van der Waals surface area (Å²) in [4.78, 5) is 4.52. The van der Waals surface area contributed by atoms with Gasteiger partial charge in [0.1, 0.15) is 0 Å². The van der Waals surface area contributed by atoms with Crippen molar-refractivity contribution in [1.29, 1.82) is 0 Å². The average Bonchev–Trinajstić information content (AvgIpc) is 2.41. The van der Waals surface area contributed by atoms with Crippen LogP contribution in [-0.4, -0.2) is 12.1 Å². The largest absolute Gasteiger partial charge is 0.481 e. The third-order valence-corrected chi connectivity index (χ3v) is 2.92. The minimum Gasteiger partial charge on any atom is -0.481 e. The van der Waals surface area contributed by atoms with E-state index in [9.17, 15) is 0 Å². The molecule has 2 nitrogen and oxygen atoms in total. The Hall–Kier alpha value is -1.83. The number of hydrogen-bond acceptors (Lipinski definition) is 2. The molecular formula is C15H17NO. The molecule has 17 heavy (non-hydrogen) atoms. The van der Waals surface area contributed by atoms with Crippen LogP contribution in [0.15, 0.2) is 48.5 Å². The Bertz CT molecular complexity index is 467. The fraction of sp³-hybridized carbons (Fsp3) is 0.267. The first-order valence-corrected chi connectivity index (χ1v) is 5.91. The van der Waals surface area contributed by atoms with E-state index < -0.39 is 0 Å². The van der Waals surface area contributed by atoms with Crippen molar-refractivity contribution in [3.8, 4) is 5.88 Å². The van der Waals surface area contributed by atoms with Crippen LogP contribution in [0.5, 0.6) is 5.88 Å². The van der Waals surface area contributed by atoms with Gasteiger partial charge in [-0.05, 0) is 18.1 Å². The number of benzene rings is 1. The third-order valence-electron chi connectivity index (χ3n) is 2.92. The Labute approximate surface area is 102 Å². The van der Waals surface area contributed by atoms with Crippen molar-refractivity contribution in [1.82, 2.24) is 4.98 Å². The SMILES string of the molecule is CC[C@H](c1ccccc1)c1cccc(OC)n1. The van der Waals surface area contributed by atoms with Gasteiger partial charge in [0.2, 0.25) is 5.88 Å². The molecule has 1 aromatic heterocycles. The summed E-state index contributed by atoms with van der Waals surface area (Å²) in [5, 5.41) is 0. The van der Waals surface area contributed by atoms with Gasteiger partial charge in [-0.1, -0.05) is 43.3 Å². The molecule has 2 rings (SSSR count). The summed E-state index contributed by atoms with van der Waals surface area (Å²) in [5.74, 6) is 1.02. The first-order valence-electron chi connectivity index (χ1n) is 5.91. The molecule has 0 aliphatic rings. The van der Waals surface area contributed by atoms with Gasteiger partial charge in [-0.3, -0.25) is 0 Å². The summed E-state index contributed by atoms with van der Waals surface area (Å²) in [6.07, 6.45) is 1.03. The minimum atomic E-state index is 0.339. The van der Waals surface area contributed by atoms with Gasteiger partial charge in [-0.25, -0.2) is 4.98 Å². The van der Waals surface area contributed by atoms with E-state index in [0.29, 0.717) is 11.8 Å². The lowest BCUT2D eigenvalue weighted by molar-refractivity contribution is 0.395. The maximum Gasteiger partial charge on any atom is 0.213 e. The van der Waals surface area contributed by atoms with Crippen LogP contribution >= 0.6 is 0 Å². The zero-order chi connectivity index (χ0) is 12.1. The van der Waals surface area contributed by atoms with Crippen LogP contribution in [-0.2, 0) is 0 Å². The lowest BCUT2D eigenvalue weighted by Crippen LogP contribution is -2.03. The monoisotopic (exact) mass is 227 g/mol. The van der Waals surface area contributed by atoms with Gasteiger partial charge in [0.05, 0.1) is 12.8 Å². The first kappa shape index (κ1) is 11.6. The third kappa shape index (κ3) is 2.64. The van der Waals surface area contributed by atoms with Gasteiger partial charge in [0.25, 0.3) is 0 Å². The molecule has 1 heterocycles. The zero-order valence-electron chi connectivity index (χ0n) is 10.3. The number of pyridine rings is 1. The Morgan fingerprint density at radius 3 is 2.47 bits per heavy atom. The van der Waals surface area contributed by atoms with Crippen molar-refractivity contribution in [2.45, 2.75) is 19.3 Å². The number of nitrogens with zero attached hydrogens (tertiary/aromatic N) is 1. The van der Waals surface area contributed by atoms with E-state index in [0.717, 1.165) is 12.1 Å². The minimum absolute atomic E-state index is 0.339. The van der Waals surface area contributed by atoms with Crippen LogP contribution in [0.3, 0.4) is 0 Å². The van der Waals surface area contributed by atoms with Crippen LogP contribution in [0.4, 0.5) is 0 Å². The van der Waals surface area contributed by atoms with Gasteiger partial charge in [-0.15, -0.1) is 0 Å². The normalized spacial score (nSPS) is 12.1. The maximum atomic E-state index is 5.17. The second-order valence-electron chi connectivity index (χ2n) is 3.98. The van der Waals surface area contributed by atoms with Gasteiger partial charge in [-0.2, -0.15) is 0 Å². The van der Waals surface area contributed by atoms with E-state index in [1.165, 1.54) is 5.56 Å². The highest BCUT2D eigenvalue weighted by molar-refractivity contribution is 5.30. The van der Waals surface area contributed by atoms with Crippen molar-refractivity contribution in [3.05, 3.63) is 59.8 Å². The molecule has 88 valence electrons. The van der Waals surface area contributed by atoms with E-state index in [4.69, 9.17) is 4.74 Å². The maximum absolute atomic E-state index is 5.17. The van der Waals surface area contributed by atoms with Gasteiger partial charge in [0.15, 0.2) is 0 Å². The molecule has 0 aliphatic carbocycles. The molecule has 0 fully saturated rings. The summed E-state index contributed by atoms with van der Waals surface area (Å²) in [6, 6.07) is 16.4. The lowest BCUT2D eigenvalue weighted by atomic mass is 9.93. The highest BCUT2D eigenvalue weighted by Crippen LogP contribution is 2.27. The van der Waals surface area contributed by atoms with E-state index in [1.807, 2.05) is 18.2 Å². The van der Waals surface area contributed by atoms with E-state index in [1.54, 1.807) is 7.11 Å². The van der Waals surface area contributed by atoms with Crippen molar-refractivity contribution in [2.24, 2.45) is 0 Å². The lowest BCUT2D eigenvalue weighted by Gasteiger charge is -2.15. The molecule has 2 aromatic rings. The van der Waals surface area contributed by atoms with Crippen LogP contribution in [0.2, 0.25) is 0 Å².